The third kappa shape index (κ3) is 4.63. The highest BCUT2D eigenvalue weighted by molar-refractivity contribution is 9.11. The van der Waals surface area contributed by atoms with Crippen LogP contribution in [0.25, 0.3) is 0 Å². The predicted molar refractivity (Wildman–Crippen MR) is 80.0 cm³/mol. The van der Waals surface area contributed by atoms with Gasteiger partial charge in [0.2, 0.25) is 10.0 Å². The van der Waals surface area contributed by atoms with Crippen LogP contribution in [0.5, 0.6) is 0 Å². The van der Waals surface area contributed by atoms with Crippen LogP contribution < -0.4 is 4.72 Å². The number of hydrogen-bond donors (Lipinski definition) is 1. The molecule has 3 nitrogen and oxygen atoms in total. The fraction of sp³-hybridized carbons (Fsp3) is 0.400. The summed E-state index contributed by atoms with van der Waals surface area (Å²) in [6.45, 7) is 2.37. The minimum atomic E-state index is -3.47. The molecule has 7 heteroatoms. The first-order chi connectivity index (χ1) is 7.86. The monoisotopic (exact) mass is 447 g/mol. The summed E-state index contributed by atoms with van der Waals surface area (Å²) in [5.74, 6) is 0.246. The lowest BCUT2D eigenvalue weighted by atomic mass is 10.2. The molecule has 1 atom stereocenters. The maximum atomic E-state index is 12.0. The van der Waals surface area contributed by atoms with Crippen molar-refractivity contribution >= 4 is 57.8 Å². The van der Waals surface area contributed by atoms with Gasteiger partial charge < -0.3 is 0 Å². The van der Waals surface area contributed by atoms with Gasteiger partial charge in [0.1, 0.15) is 0 Å². The number of nitrogens with one attached hydrogen (secondary N) is 1. The summed E-state index contributed by atoms with van der Waals surface area (Å²) in [6, 6.07) is 5.06. The number of rotatable bonds is 5. The molecule has 0 saturated heterocycles. The SMILES string of the molecule is CC(CBr)CNS(=O)(=O)c1cc(Br)ccc1Br. The fourth-order valence-corrected chi connectivity index (χ4v) is 3.96. The van der Waals surface area contributed by atoms with Crippen molar-refractivity contribution in [2.45, 2.75) is 11.8 Å². The Morgan fingerprint density at radius 1 is 1.35 bits per heavy atom. The molecule has 0 bridgehead atoms. The standard InChI is InChI=1S/C10H12Br3NO2S/c1-7(5-11)6-14-17(15,16)10-4-8(12)2-3-9(10)13/h2-4,7,14H,5-6H2,1H3. The molecule has 1 aromatic carbocycles. The second kappa shape index (κ2) is 6.65. The smallest absolute Gasteiger partial charge is 0.211 e. The zero-order valence-electron chi connectivity index (χ0n) is 9.08. The summed E-state index contributed by atoms with van der Waals surface area (Å²) in [7, 11) is -3.47. The Balaban J connectivity index is 2.93. The number of halogens is 3. The molecule has 1 unspecified atom stereocenters. The van der Waals surface area contributed by atoms with Gasteiger partial charge in [-0.15, -0.1) is 0 Å². The van der Waals surface area contributed by atoms with Crippen LogP contribution in [0.2, 0.25) is 0 Å². The van der Waals surface area contributed by atoms with Crippen LogP contribution in [0.4, 0.5) is 0 Å². The van der Waals surface area contributed by atoms with E-state index in [0.717, 1.165) is 9.80 Å². The third-order valence-electron chi connectivity index (χ3n) is 2.07. The summed E-state index contributed by atoms with van der Waals surface area (Å²) in [5, 5.41) is 0.759. The maximum absolute atomic E-state index is 12.0. The summed E-state index contributed by atoms with van der Waals surface area (Å²) < 4.78 is 28.0. The first kappa shape index (κ1) is 15.6. The van der Waals surface area contributed by atoms with E-state index in [1.165, 1.54) is 0 Å². The molecular formula is C10H12Br3NO2S. The molecule has 0 spiro atoms. The zero-order chi connectivity index (χ0) is 13.1. The number of alkyl halides is 1. The van der Waals surface area contributed by atoms with Gasteiger partial charge in [-0.25, -0.2) is 13.1 Å². The number of hydrogen-bond acceptors (Lipinski definition) is 2. The molecule has 1 N–H and O–H groups in total. The molecule has 0 aliphatic carbocycles. The van der Waals surface area contributed by atoms with Gasteiger partial charge in [0.15, 0.2) is 0 Å². The van der Waals surface area contributed by atoms with Gasteiger partial charge >= 0.3 is 0 Å². The normalized spacial score (nSPS) is 13.6. The topological polar surface area (TPSA) is 46.2 Å². The second-order valence-electron chi connectivity index (χ2n) is 3.69. The summed E-state index contributed by atoms with van der Waals surface area (Å²) >= 11 is 9.82. The van der Waals surface area contributed by atoms with Crippen LogP contribution in [0.3, 0.4) is 0 Å². The first-order valence-electron chi connectivity index (χ1n) is 4.87. The van der Waals surface area contributed by atoms with Crippen molar-refractivity contribution in [3.05, 3.63) is 27.1 Å². The zero-order valence-corrected chi connectivity index (χ0v) is 14.7. The Bertz CT molecular complexity index is 490. The van der Waals surface area contributed by atoms with Gasteiger partial charge in [0.05, 0.1) is 4.90 Å². The Labute approximate surface area is 127 Å². The van der Waals surface area contributed by atoms with E-state index in [9.17, 15) is 8.42 Å². The van der Waals surface area contributed by atoms with Crippen molar-refractivity contribution in [1.29, 1.82) is 0 Å². The van der Waals surface area contributed by atoms with Crippen LogP contribution in [-0.2, 0) is 10.0 Å². The van der Waals surface area contributed by atoms with E-state index < -0.39 is 10.0 Å². The lowest BCUT2D eigenvalue weighted by molar-refractivity contribution is 0.563. The van der Waals surface area contributed by atoms with E-state index in [1.807, 2.05) is 6.92 Å². The van der Waals surface area contributed by atoms with Crippen molar-refractivity contribution in [3.63, 3.8) is 0 Å². The molecule has 0 radical (unpaired) electrons. The highest BCUT2D eigenvalue weighted by Gasteiger charge is 2.18. The van der Waals surface area contributed by atoms with Gasteiger partial charge in [-0.1, -0.05) is 38.8 Å². The molecule has 0 aliphatic heterocycles. The first-order valence-corrected chi connectivity index (χ1v) is 9.06. The van der Waals surface area contributed by atoms with Crippen molar-refractivity contribution in [2.75, 3.05) is 11.9 Å². The lowest BCUT2D eigenvalue weighted by Crippen LogP contribution is -2.29. The van der Waals surface area contributed by atoms with Gasteiger partial charge in [-0.05, 0) is 40.0 Å². The summed E-state index contributed by atoms with van der Waals surface area (Å²) in [4.78, 5) is 0.244. The second-order valence-corrected chi connectivity index (χ2v) is 7.84. The van der Waals surface area contributed by atoms with Crippen molar-refractivity contribution < 1.29 is 8.42 Å². The average molecular weight is 450 g/mol. The quantitative estimate of drug-likeness (QED) is 0.699. The van der Waals surface area contributed by atoms with Crippen LogP contribution in [-0.4, -0.2) is 20.3 Å². The van der Waals surface area contributed by atoms with E-state index in [2.05, 4.69) is 52.5 Å². The molecule has 17 heavy (non-hydrogen) atoms. The van der Waals surface area contributed by atoms with Gasteiger partial charge in [-0.3, -0.25) is 0 Å². The molecule has 0 saturated carbocycles. The Kier molecular flexibility index (Phi) is 6.12. The maximum Gasteiger partial charge on any atom is 0.241 e. The third-order valence-corrected chi connectivity index (χ3v) is 6.08. The van der Waals surface area contributed by atoms with E-state index >= 15 is 0 Å². The Hall–Kier alpha value is 0.570. The van der Waals surface area contributed by atoms with E-state index in [0.29, 0.717) is 11.0 Å². The van der Waals surface area contributed by atoms with Crippen LogP contribution in [0.15, 0.2) is 32.0 Å². The number of benzene rings is 1. The molecule has 0 aromatic heterocycles. The van der Waals surface area contributed by atoms with Gasteiger partial charge in [-0.2, -0.15) is 0 Å². The van der Waals surface area contributed by atoms with Crippen LogP contribution >= 0.6 is 47.8 Å². The predicted octanol–water partition coefficient (Wildman–Crippen LogP) is 3.52. The molecule has 1 rings (SSSR count). The molecule has 0 fully saturated rings. The van der Waals surface area contributed by atoms with Crippen molar-refractivity contribution in [1.82, 2.24) is 4.72 Å². The highest BCUT2D eigenvalue weighted by atomic mass is 79.9. The highest BCUT2D eigenvalue weighted by Crippen LogP contribution is 2.25. The molecule has 0 heterocycles. The van der Waals surface area contributed by atoms with E-state index in [1.54, 1.807) is 18.2 Å². The van der Waals surface area contributed by atoms with Crippen molar-refractivity contribution in [2.24, 2.45) is 5.92 Å². The molecule has 0 aliphatic rings. The largest absolute Gasteiger partial charge is 0.241 e. The minimum Gasteiger partial charge on any atom is -0.211 e. The average Bonchev–Trinajstić information content (AvgIpc) is 2.29. The number of sulfonamides is 1. The fourth-order valence-electron chi connectivity index (χ4n) is 1.07. The molecule has 0 amide bonds. The molecule has 1 aromatic rings. The minimum absolute atomic E-state index is 0.244. The summed E-state index contributed by atoms with van der Waals surface area (Å²) in [6.07, 6.45) is 0. The van der Waals surface area contributed by atoms with Crippen LogP contribution in [0.1, 0.15) is 6.92 Å². The Morgan fingerprint density at radius 2 is 2.00 bits per heavy atom. The van der Waals surface area contributed by atoms with Crippen LogP contribution in [0, 0.1) is 5.92 Å². The van der Waals surface area contributed by atoms with Gasteiger partial charge in [0, 0.05) is 20.8 Å². The summed E-state index contributed by atoms with van der Waals surface area (Å²) in [5.41, 5.74) is 0. The van der Waals surface area contributed by atoms with E-state index in [4.69, 9.17) is 0 Å². The van der Waals surface area contributed by atoms with E-state index in [-0.39, 0.29) is 10.8 Å². The van der Waals surface area contributed by atoms with Crippen molar-refractivity contribution in [3.8, 4) is 0 Å². The Morgan fingerprint density at radius 3 is 2.59 bits per heavy atom. The molecule has 96 valence electrons. The van der Waals surface area contributed by atoms with Gasteiger partial charge in [0.25, 0.3) is 0 Å². The molecular weight excluding hydrogens is 438 g/mol. The lowest BCUT2D eigenvalue weighted by Gasteiger charge is -2.11.